The predicted octanol–water partition coefficient (Wildman–Crippen LogP) is 3.86. The number of nitrogens with zero attached hydrogens (tertiary/aromatic N) is 1. The van der Waals surface area contributed by atoms with E-state index in [0.29, 0.717) is 10.8 Å². The van der Waals surface area contributed by atoms with Crippen LogP contribution in [0.4, 0.5) is 0 Å². The van der Waals surface area contributed by atoms with Crippen LogP contribution in [-0.2, 0) is 11.8 Å². The summed E-state index contributed by atoms with van der Waals surface area (Å²) in [5.74, 6) is 1.31. The Morgan fingerprint density at radius 3 is 2.68 bits per heavy atom. The lowest BCUT2D eigenvalue weighted by molar-refractivity contribution is 0.423. The molecule has 2 atom stereocenters. The molecule has 1 saturated heterocycles. The number of likely N-dealkylation sites (N-methyl/N-ethyl adjacent to an activating group) is 1. The summed E-state index contributed by atoms with van der Waals surface area (Å²) < 4.78 is 0.377. The van der Waals surface area contributed by atoms with Crippen molar-refractivity contribution < 1.29 is 0 Å². The molecule has 0 radical (unpaired) electrons. The van der Waals surface area contributed by atoms with Gasteiger partial charge in [-0.2, -0.15) is 11.8 Å². The molecule has 0 aliphatic carbocycles. The van der Waals surface area contributed by atoms with Crippen LogP contribution in [0.25, 0.3) is 0 Å². The van der Waals surface area contributed by atoms with Crippen LogP contribution in [0.3, 0.4) is 0 Å². The number of rotatable bonds is 4. The van der Waals surface area contributed by atoms with E-state index in [4.69, 9.17) is 4.98 Å². The van der Waals surface area contributed by atoms with E-state index >= 15 is 0 Å². The average Bonchev–Trinajstić information content (AvgIpc) is 2.94. The predicted molar refractivity (Wildman–Crippen MR) is 87.5 cm³/mol. The fourth-order valence-corrected chi connectivity index (χ4v) is 5.14. The minimum Gasteiger partial charge on any atom is -0.315 e. The second-order valence-electron chi connectivity index (χ2n) is 6.69. The van der Waals surface area contributed by atoms with E-state index in [0.717, 1.165) is 6.42 Å². The van der Waals surface area contributed by atoms with Crippen molar-refractivity contribution >= 4 is 23.1 Å². The molecule has 0 bridgehead atoms. The van der Waals surface area contributed by atoms with Crippen LogP contribution in [0.15, 0.2) is 5.38 Å². The monoisotopic (exact) mass is 298 g/mol. The maximum absolute atomic E-state index is 4.84. The van der Waals surface area contributed by atoms with Gasteiger partial charge in [0.25, 0.3) is 0 Å². The molecule has 0 aromatic carbocycles. The Balaban J connectivity index is 2.08. The molecular formula is C15H26N2S2. The lowest BCUT2D eigenvalue weighted by Gasteiger charge is -2.32. The standard InChI is InChI=1S/C15H26N2S2/c1-14(2,3)12-10-18-13(17-12)9-11(16-5)15(4)7-6-8-19-15/h10-11,16H,6-9H2,1-5H3. The molecular weight excluding hydrogens is 272 g/mol. The highest BCUT2D eigenvalue weighted by atomic mass is 32.2. The Morgan fingerprint density at radius 2 is 2.21 bits per heavy atom. The molecule has 0 spiro atoms. The van der Waals surface area contributed by atoms with Gasteiger partial charge in [-0.1, -0.05) is 20.8 Å². The zero-order chi connectivity index (χ0) is 14.1. The van der Waals surface area contributed by atoms with Crippen molar-refractivity contribution in [3.05, 3.63) is 16.1 Å². The molecule has 2 nitrogen and oxygen atoms in total. The molecule has 1 aliphatic rings. The highest BCUT2D eigenvalue weighted by Crippen LogP contribution is 2.41. The largest absolute Gasteiger partial charge is 0.315 e. The summed E-state index contributed by atoms with van der Waals surface area (Å²) in [4.78, 5) is 4.84. The number of aromatic nitrogens is 1. The minimum atomic E-state index is 0.163. The Kier molecular flexibility index (Phi) is 4.63. The number of hydrogen-bond donors (Lipinski definition) is 1. The molecule has 0 amide bonds. The molecule has 2 heterocycles. The molecule has 1 N–H and O–H groups in total. The van der Waals surface area contributed by atoms with Gasteiger partial charge in [-0.15, -0.1) is 11.3 Å². The first kappa shape index (κ1) is 15.3. The molecule has 1 aromatic heterocycles. The van der Waals surface area contributed by atoms with Gasteiger partial charge in [-0.25, -0.2) is 4.98 Å². The summed E-state index contributed by atoms with van der Waals surface area (Å²) in [7, 11) is 2.09. The van der Waals surface area contributed by atoms with Gasteiger partial charge in [0.2, 0.25) is 0 Å². The van der Waals surface area contributed by atoms with E-state index in [1.54, 1.807) is 0 Å². The van der Waals surface area contributed by atoms with Gasteiger partial charge in [-0.3, -0.25) is 0 Å². The third-order valence-electron chi connectivity index (χ3n) is 4.03. The SMILES string of the molecule is CNC(Cc1nc(C(C)(C)C)cs1)C1(C)CCCS1. The lowest BCUT2D eigenvalue weighted by atomic mass is 9.92. The van der Waals surface area contributed by atoms with Crippen molar-refractivity contribution in [1.29, 1.82) is 0 Å². The van der Waals surface area contributed by atoms with Crippen LogP contribution >= 0.6 is 23.1 Å². The minimum absolute atomic E-state index is 0.163. The van der Waals surface area contributed by atoms with Crippen LogP contribution in [0.5, 0.6) is 0 Å². The second kappa shape index (κ2) is 5.74. The molecule has 4 heteroatoms. The van der Waals surface area contributed by atoms with E-state index in [9.17, 15) is 0 Å². The van der Waals surface area contributed by atoms with Crippen LogP contribution < -0.4 is 5.32 Å². The van der Waals surface area contributed by atoms with E-state index in [1.807, 2.05) is 11.3 Å². The van der Waals surface area contributed by atoms with Crippen molar-refractivity contribution in [2.75, 3.05) is 12.8 Å². The van der Waals surface area contributed by atoms with Gasteiger partial charge < -0.3 is 5.32 Å². The third kappa shape index (κ3) is 3.53. The summed E-state index contributed by atoms with van der Waals surface area (Å²) in [6, 6.07) is 0.527. The first-order chi connectivity index (χ1) is 8.85. The summed E-state index contributed by atoms with van der Waals surface area (Å²) in [6.45, 7) is 9.10. The van der Waals surface area contributed by atoms with E-state index < -0.39 is 0 Å². The first-order valence-corrected chi connectivity index (χ1v) is 8.98. The molecule has 1 aliphatic heterocycles. The normalized spacial score (nSPS) is 25.7. The molecule has 1 aromatic rings. The van der Waals surface area contributed by atoms with Crippen LogP contribution in [0, 0.1) is 0 Å². The molecule has 19 heavy (non-hydrogen) atoms. The maximum Gasteiger partial charge on any atom is 0.0944 e. The maximum atomic E-state index is 4.84. The molecule has 2 unspecified atom stereocenters. The molecule has 108 valence electrons. The molecule has 2 rings (SSSR count). The van der Waals surface area contributed by atoms with Crippen LogP contribution in [-0.4, -0.2) is 28.6 Å². The Hall–Kier alpha value is -0.0600. The highest BCUT2D eigenvalue weighted by Gasteiger charge is 2.37. The fourth-order valence-electron chi connectivity index (χ4n) is 2.62. The number of thioether (sulfide) groups is 1. The zero-order valence-electron chi connectivity index (χ0n) is 12.7. The van der Waals surface area contributed by atoms with Crippen molar-refractivity contribution in [3.8, 4) is 0 Å². The average molecular weight is 299 g/mol. The zero-order valence-corrected chi connectivity index (χ0v) is 14.4. The van der Waals surface area contributed by atoms with E-state index in [2.05, 4.69) is 57.2 Å². The second-order valence-corrected chi connectivity index (χ2v) is 9.26. The Labute approximate surface area is 125 Å². The number of nitrogens with one attached hydrogen (secondary N) is 1. The van der Waals surface area contributed by atoms with Crippen molar-refractivity contribution in [2.45, 2.75) is 63.2 Å². The molecule has 0 saturated carbocycles. The fraction of sp³-hybridized carbons (Fsp3) is 0.800. The van der Waals surface area contributed by atoms with Crippen LogP contribution in [0.2, 0.25) is 0 Å². The Bertz CT molecular complexity index is 414. The number of thiazole rings is 1. The van der Waals surface area contributed by atoms with Gasteiger partial charge >= 0.3 is 0 Å². The molecule has 1 fully saturated rings. The highest BCUT2D eigenvalue weighted by molar-refractivity contribution is 8.00. The third-order valence-corrected chi connectivity index (χ3v) is 6.55. The summed E-state index contributed by atoms with van der Waals surface area (Å²) in [5, 5.41) is 7.03. The van der Waals surface area contributed by atoms with Crippen molar-refractivity contribution in [2.24, 2.45) is 0 Å². The van der Waals surface area contributed by atoms with Gasteiger partial charge in [0.15, 0.2) is 0 Å². The van der Waals surface area contributed by atoms with Crippen molar-refractivity contribution in [3.63, 3.8) is 0 Å². The van der Waals surface area contributed by atoms with Gasteiger partial charge in [0.05, 0.1) is 10.7 Å². The van der Waals surface area contributed by atoms with Gasteiger partial charge in [-0.05, 0) is 32.6 Å². The quantitative estimate of drug-likeness (QED) is 0.914. The van der Waals surface area contributed by atoms with Crippen LogP contribution in [0.1, 0.15) is 51.2 Å². The van der Waals surface area contributed by atoms with Crippen molar-refractivity contribution in [1.82, 2.24) is 10.3 Å². The van der Waals surface area contributed by atoms with E-state index in [1.165, 1.54) is 29.3 Å². The van der Waals surface area contributed by atoms with Gasteiger partial charge in [0.1, 0.15) is 0 Å². The topological polar surface area (TPSA) is 24.9 Å². The summed E-state index contributed by atoms with van der Waals surface area (Å²) in [5.41, 5.74) is 1.39. The summed E-state index contributed by atoms with van der Waals surface area (Å²) in [6.07, 6.45) is 3.73. The lowest BCUT2D eigenvalue weighted by Crippen LogP contribution is -2.45. The first-order valence-electron chi connectivity index (χ1n) is 7.11. The smallest absolute Gasteiger partial charge is 0.0944 e. The van der Waals surface area contributed by atoms with E-state index in [-0.39, 0.29) is 5.41 Å². The van der Waals surface area contributed by atoms with Gasteiger partial charge in [0, 0.05) is 28.0 Å². The summed E-state index contributed by atoms with van der Waals surface area (Å²) >= 11 is 3.94. The number of hydrogen-bond acceptors (Lipinski definition) is 4. The Morgan fingerprint density at radius 1 is 1.47 bits per heavy atom.